The SMILES string of the molecule is Nc1nc(C2CSc3ccccc3O2)ncc1I. The first-order chi connectivity index (χ1) is 8.74. The van der Waals surface area contributed by atoms with Gasteiger partial charge in [0.2, 0.25) is 0 Å². The van der Waals surface area contributed by atoms with Gasteiger partial charge >= 0.3 is 0 Å². The fourth-order valence-electron chi connectivity index (χ4n) is 1.70. The van der Waals surface area contributed by atoms with Crippen molar-refractivity contribution >= 4 is 40.2 Å². The number of aromatic nitrogens is 2. The number of para-hydroxylation sites is 1. The van der Waals surface area contributed by atoms with Gasteiger partial charge in [0.05, 0.1) is 3.57 Å². The molecule has 1 aromatic heterocycles. The number of nitrogen functional groups attached to an aromatic ring is 1. The molecule has 3 rings (SSSR count). The summed E-state index contributed by atoms with van der Waals surface area (Å²) in [6.45, 7) is 0. The Labute approximate surface area is 122 Å². The highest BCUT2D eigenvalue weighted by atomic mass is 127. The van der Waals surface area contributed by atoms with Gasteiger partial charge in [0, 0.05) is 16.8 Å². The quantitative estimate of drug-likeness (QED) is 0.782. The number of halogens is 1. The van der Waals surface area contributed by atoms with E-state index in [2.05, 4.69) is 38.6 Å². The van der Waals surface area contributed by atoms with Crippen molar-refractivity contribution in [2.24, 2.45) is 0 Å². The molecule has 18 heavy (non-hydrogen) atoms. The fourth-order valence-corrected chi connectivity index (χ4v) is 2.94. The largest absolute Gasteiger partial charge is 0.480 e. The highest BCUT2D eigenvalue weighted by molar-refractivity contribution is 14.1. The lowest BCUT2D eigenvalue weighted by Gasteiger charge is -2.24. The van der Waals surface area contributed by atoms with Crippen molar-refractivity contribution < 1.29 is 4.74 Å². The minimum atomic E-state index is -0.135. The second-order valence-corrected chi connectivity index (χ2v) is 6.05. The van der Waals surface area contributed by atoms with Crippen LogP contribution in [0, 0.1) is 3.57 Å². The van der Waals surface area contributed by atoms with Crippen LogP contribution < -0.4 is 10.5 Å². The van der Waals surface area contributed by atoms with E-state index in [0.29, 0.717) is 11.6 Å². The topological polar surface area (TPSA) is 61.0 Å². The molecule has 1 atom stereocenters. The molecule has 2 N–H and O–H groups in total. The molecule has 6 heteroatoms. The molecule has 0 aliphatic carbocycles. The third-order valence-corrected chi connectivity index (χ3v) is 4.54. The van der Waals surface area contributed by atoms with Gasteiger partial charge in [-0.3, -0.25) is 0 Å². The van der Waals surface area contributed by atoms with Crippen molar-refractivity contribution in [3.05, 3.63) is 39.9 Å². The molecule has 0 spiro atoms. The number of nitrogens with two attached hydrogens (primary N) is 1. The van der Waals surface area contributed by atoms with Crippen molar-refractivity contribution in [2.75, 3.05) is 11.5 Å². The summed E-state index contributed by atoms with van der Waals surface area (Å²) in [7, 11) is 0. The molecular formula is C12H10IN3OS. The van der Waals surface area contributed by atoms with Gasteiger partial charge in [0.1, 0.15) is 11.6 Å². The molecule has 0 bridgehead atoms. The van der Waals surface area contributed by atoms with E-state index in [1.807, 2.05) is 18.2 Å². The molecule has 0 fully saturated rings. The zero-order chi connectivity index (χ0) is 12.5. The number of anilines is 1. The summed E-state index contributed by atoms with van der Waals surface area (Å²) in [5, 5.41) is 0. The van der Waals surface area contributed by atoms with E-state index >= 15 is 0 Å². The predicted molar refractivity (Wildman–Crippen MR) is 79.7 cm³/mol. The highest BCUT2D eigenvalue weighted by Crippen LogP contribution is 2.39. The molecule has 92 valence electrons. The number of thioether (sulfide) groups is 1. The van der Waals surface area contributed by atoms with Crippen molar-refractivity contribution in [2.45, 2.75) is 11.0 Å². The average Bonchev–Trinajstić information content (AvgIpc) is 2.41. The number of rotatable bonds is 1. The van der Waals surface area contributed by atoms with Crippen LogP contribution in [0.5, 0.6) is 5.75 Å². The molecule has 1 unspecified atom stereocenters. The zero-order valence-corrected chi connectivity index (χ0v) is 12.3. The van der Waals surface area contributed by atoms with Gasteiger partial charge < -0.3 is 10.5 Å². The molecule has 4 nitrogen and oxygen atoms in total. The van der Waals surface area contributed by atoms with Gasteiger partial charge in [0.25, 0.3) is 0 Å². The monoisotopic (exact) mass is 371 g/mol. The molecule has 0 amide bonds. The molecule has 1 aromatic carbocycles. The first kappa shape index (κ1) is 12.0. The lowest BCUT2D eigenvalue weighted by molar-refractivity contribution is 0.210. The van der Waals surface area contributed by atoms with Crippen LogP contribution in [0.25, 0.3) is 0 Å². The summed E-state index contributed by atoms with van der Waals surface area (Å²) in [5.74, 6) is 2.85. The minimum Gasteiger partial charge on any atom is -0.480 e. The van der Waals surface area contributed by atoms with Crippen molar-refractivity contribution in [1.82, 2.24) is 9.97 Å². The lowest BCUT2D eigenvalue weighted by Crippen LogP contribution is -2.18. The van der Waals surface area contributed by atoms with Gasteiger partial charge in [-0.25, -0.2) is 9.97 Å². The first-order valence-electron chi connectivity index (χ1n) is 5.40. The first-order valence-corrected chi connectivity index (χ1v) is 7.47. The van der Waals surface area contributed by atoms with E-state index in [0.717, 1.165) is 20.0 Å². The minimum absolute atomic E-state index is 0.135. The Kier molecular flexibility index (Phi) is 3.29. The summed E-state index contributed by atoms with van der Waals surface area (Å²) >= 11 is 3.87. The van der Waals surface area contributed by atoms with Gasteiger partial charge in [-0.1, -0.05) is 12.1 Å². The number of fused-ring (bicyclic) bond motifs is 1. The normalized spacial score (nSPS) is 17.9. The number of benzene rings is 1. The Morgan fingerprint density at radius 2 is 2.22 bits per heavy atom. The molecule has 1 aliphatic heterocycles. The maximum atomic E-state index is 5.91. The van der Waals surface area contributed by atoms with E-state index < -0.39 is 0 Å². The number of hydrogen-bond donors (Lipinski definition) is 1. The smallest absolute Gasteiger partial charge is 0.172 e. The van der Waals surface area contributed by atoms with Crippen LogP contribution in [0.15, 0.2) is 35.4 Å². The summed E-state index contributed by atoms with van der Waals surface area (Å²) in [6.07, 6.45) is 1.59. The van der Waals surface area contributed by atoms with E-state index in [1.54, 1.807) is 18.0 Å². The third kappa shape index (κ3) is 2.26. The van der Waals surface area contributed by atoms with E-state index in [4.69, 9.17) is 10.5 Å². The van der Waals surface area contributed by atoms with Gasteiger partial charge in [-0.2, -0.15) is 0 Å². The summed E-state index contributed by atoms with van der Waals surface area (Å²) in [6, 6.07) is 7.99. The van der Waals surface area contributed by atoms with Crippen molar-refractivity contribution in [3.8, 4) is 5.75 Å². The summed E-state index contributed by atoms with van der Waals surface area (Å²) < 4.78 is 6.77. The molecule has 0 saturated heterocycles. The van der Waals surface area contributed by atoms with Crippen molar-refractivity contribution in [1.29, 1.82) is 0 Å². The van der Waals surface area contributed by atoms with E-state index in [1.165, 1.54) is 0 Å². The fraction of sp³-hybridized carbons (Fsp3) is 0.167. The van der Waals surface area contributed by atoms with E-state index in [-0.39, 0.29) is 6.10 Å². The standard InChI is InChI=1S/C12H10IN3OS/c13-7-5-15-12(16-11(7)14)9-6-18-10-4-2-1-3-8(10)17-9/h1-5,9H,6H2,(H2,14,15,16). The zero-order valence-electron chi connectivity index (χ0n) is 9.34. The maximum Gasteiger partial charge on any atom is 0.172 e. The highest BCUT2D eigenvalue weighted by Gasteiger charge is 2.24. The molecule has 0 saturated carbocycles. The number of ether oxygens (including phenoxy) is 1. The Bertz CT molecular complexity index is 593. The van der Waals surface area contributed by atoms with Gasteiger partial charge in [-0.15, -0.1) is 11.8 Å². The maximum absolute atomic E-state index is 5.91. The number of hydrogen-bond acceptors (Lipinski definition) is 5. The Morgan fingerprint density at radius 3 is 3.06 bits per heavy atom. The predicted octanol–water partition coefficient (Wildman–Crippen LogP) is 2.89. The summed E-state index contributed by atoms with van der Waals surface area (Å²) in [5.41, 5.74) is 5.80. The number of nitrogens with zero attached hydrogens (tertiary/aromatic N) is 2. The van der Waals surface area contributed by atoms with Crippen LogP contribution >= 0.6 is 34.4 Å². The molecule has 0 radical (unpaired) electrons. The van der Waals surface area contributed by atoms with E-state index in [9.17, 15) is 0 Å². The average molecular weight is 371 g/mol. The summed E-state index contributed by atoms with van der Waals surface area (Å²) in [4.78, 5) is 9.75. The lowest BCUT2D eigenvalue weighted by atomic mass is 10.3. The van der Waals surface area contributed by atoms with Crippen LogP contribution in [0.3, 0.4) is 0 Å². The van der Waals surface area contributed by atoms with Gasteiger partial charge in [0.15, 0.2) is 11.9 Å². The molecular weight excluding hydrogens is 361 g/mol. The Hall–Kier alpha value is -1.02. The molecule has 2 heterocycles. The third-order valence-electron chi connectivity index (χ3n) is 2.59. The molecule has 2 aromatic rings. The Morgan fingerprint density at radius 1 is 1.39 bits per heavy atom. The van der Waals surface area contributed by atoms with Crippen molar-refractivity contribution in [3.63, 3.8) is 0 Å². The van der Waals surface area contributed by atoms with Crippen LogP contribution in [-0.2, 0) is 0 Å². The van der Waals surface area contributed by atoms with Crippen LogP contribution in [0.1, 0.15) is 11.9 Å². The second kappa shape index (κ2) is 4.93. The van der Waals surface area contributed by atoms with Crippen LogP contribution in [0.2, 0.25) is 0 Å². The van der Waals surface area contributed by atoms with Gasteiger partial charge in [-0.05, 0) is 34.7 Å². The van der Waals surface area contributed by atoms with Crippen LogP contribution in [0.4, 0.5) is 5.82 Å². The second-order valence-electron chi connectivity index (χ2n) is 3.83. The van der Waals surface area contributed by atoms with Crippen LogP contribution in [-0.4, -0.2) is 15.7 Å². The Balaban J connectivity index is 1.89. The molecule has 1 aliphatic rings.